The lowest BCUT2D eigenvalue weighted by molar-refractivity contribution is 0.0485. The minimum atomic E-state index is 0.0348. The van der Waals surface area contributed by atoms with Crippen LogP contribution in [0.4, 0.5) is 0 Å². The maximum atomic E-state index is 5.51. The van der Waals surface area contributed by atoms with Gasteiger partial charge in [0, 0.05) is 31.5 Å². The summed E-state index contributed by atoms with van der Waals surface area (Å²) in [6.45, 7) is 4.89. The zero-order valence-corrected chi connectivity index (χ0v) is 15.5. The Morgan fingerprint density at radius 2 is 2.00 bits per heavy atom. The summed E-state index contributed by atoms with van der Waals surface area (Å²) in [7, 11) is 0. The molecule has 0 aliphatic carbocycles. The summed E-state index contributed by atoms with van der Waals surface area (Å²) in [5, 5.41) is 12.1. The summed E-state index contributed by atoms with van der Waals surface area (Å²) in [4.78, 5) is 4.46. The topological polar surface area (TPSA) is 78.0 Å². The molecule has 3 aromatic rings. The van der Waals surface area contributed by atoms with Gasteiger partial charge in [0.2, 0.25) is 5.89 Å². The van der Waals surface area contributed by atoms with E-state index in [1.165, 1.54) is 5.56 Å². The van der Waals surface area contributed by atoms with Crippen molar-refractivity contribution in [1.29, 1.82) is 0 Å². The minimum Gasteiger partial charge on any atom is -0.381 e. The van der Waals surface area contributed by atoms with Crippen molar-refractivity contribution in [2.45, 2.75) is 38.9 Å². The molecule has 7 heteroatoms. The van der Waals surface area contributed by atoms with Gasteiger partial charge in [-0.25, -0.2) is 0 Å². The number of aryl methyl sites for hydroxylation is 1. The van der Waals surface area contributed by atoms with E-state index in [-0.39, 0.29) is 6.04 Å². The van der Waals surface area contributed by atoms with Gasteiger partial charge in [0.15, 0.2) is 5.82 Å². The van der Waals surface area contributed by atoms with Crippen LogP contribution >= 0.6 is 0 Å². The van der Waals surface area contributed by atoms with Crippen molar-refractivity contribution in [3.8, 4) is 0 Å². The minimum absolute atomic E-state index is 0.0348. The Hall–Kier alpha value is -2.51. The van der Waals surface area contributed by atoms with E-state index in [4.69, 9.17) is 9.26 Å². The van der Waals surface area contributed by atoms with E-state index in [1.54, 1.807) is 0 Å². The average molecular weight is 367 g/mol. The predicted octanol–water partition coefficient (Wildman–Crippen LogP) is 2.88. The molecule has 7 nitrogen and oxygen atoms in total. The van der Waals surface area contributed by atoms with Crippen molar-refractivity contribution in [1.82, 2.24) is 25.2 Å². The monoisotopic (exact) mass is 367 g/mol. The Morgan fingerprint density at radius 1 is 1.19 bits per heavy atom. The third-order valence-electron chi connectivity index (χ3n) is 4.95. The molecular formula is C20H25N5O2. The number of aromatic nitrogens is 4. The van der Waals surface area contributed by atoms with E-state index in [0.29, 0.717) is 24.2 Å². The molecule has 4 rings (SSSR count). The normalized spacial score (nSPS) is 16.5. The summed E-state index contributed by atoms with van der Waals surface area (Å²) in [5.74, 6) is 1.76. The molecule has 1 saturated heterocycles. The Kier molecular flexibility index (Phi) is 5.60. The van der Waals surface area contributed by atoms with E-state index in [9.17, 15) is 0 Å². The van der Waals surface area contributed by atoms with Gasteiger partial charge in [-0.3, -0.25) is 4.68 Å². The molecule has 1 aliphatic heterocycles. The highest BCUT2D eigenvalue weighted by Crippen LogP contribution is 2.29. The fraction of sp³-hybridized carbons (Fsp3) is 0.450. The van der Waals surface area contributed by atoms with E-state index in [1.807, 2.05) is 36.0 Å². The van der Waals surface area contributed by atoms with Crippen LogP contribution in [0.25, 0.3) is 0 Å². The molecule has 0 saturated carbocycles. The molecule has 0 radical (unpaired) electrons. The van der Waals surface area contributed by atoms with Crippen LogP contribution in [0.2, 0.25) is 0 Å². The molecule has 1 unspecified atom stereocenters. The van der Waals surface area contributed by atoms with E-state index >= 15 is 0 Å². The molecule has 2 aromatic heterocycles. The molecule has 1 aromatic carbocycles. The first-order chi connectivity index (χ1) is 13.3. The SMILES string of the molecule is Cc1noc(C(NCc2cnn(Cc3ccccc3)c2)C2CCOCC2)n1. The molecule has 1 atom stereocenters. The van der Waals surface area contributed by atoms with Crippen LogP contribution in [0.1, 0.15) is 41.7 Å². The number of rotatable bonds is 7. The number of nitrogens with one attached hydrogen (secondary N) is 1. The smallest absolute Gasteiger partial charge is 0.244 e. The van der Waals surface area contributed by atoms with Crippen molar-refractivity contribution >= 4 is 0 Å². The summed E-state index contributed by atoms with van der Waals surface area (Å²) in [6, 6.07) is 10.4. The summed E-state index contributed by atoms with van der Waals surface area (Å²) < 4.78 is 12.9. The molecular weight excluding hydrogens is 342 g/mol. The molecule has 0 amide bonds. The van der Waals surface area contributed by atoms with Gasteiger partial charge in [-0.1, -0.05) is 35.5 Å². The standard InChI is InChI=1S/C20H25N5O2/c1-15-23-20(27-24-15)19(18-7-9-26-10-8-18)21-11-17-12-22-25(14-17)13-16-5-3-2-4-6-16/h2-6,12,14,18-19,21H,7-11,13H2,1H3. The second-order valence-corrected chi connectivity index (χ2v) is 7.02. The molecule has 0 spiro atoms. The van der Waals surface area contributed by atoms with Crippen molar-refractivity contribution < 1.29 is 9.26 Å². The maximum absolute atomic E-state index is 5.51. The number of hydrogen-bond donors (Lipinski definition) is 1. The molecule has 0 bridgehead atoms. The van der Waals surface area contributed by atoms with Crippen LogP contribution in [0.3, 0.4) is 0 Å². The van der Waals surface area contributed by atoms with Gasteiger partial charge >= 0.3 is 0 Å². The number of nitrogens with zero attached hydrogens (tertiary/aromatic N) is 4. The van der Waals surface area contributed by atoms with Crippen LogP contribution in [-0.4, -0.2) is 33.1 Å². The Morgan fingerprint density at radius 3 is 2.74 bits per heavy atom. The number of benzene rings is 1. The fourth-order valence-corrected chi connectivity index (χ4v) is 3.53. The average Bonchev–Trinajstić information content (AvgIpc) is 3.33. The van der Waals surface area contributed by atoms with Crippen molar-refractivity contribution in [3.63, 3.8) is 0 Å². The Bertz CT molecular complexity index is 839. The van der Waals surface area contributed by atoms with Gasteiger partial charge in [0.05, 0.1) is 18.8 Å². The van der Waals surface area contributed by atoms with Gasteiger partial charge in [-0.15, -0.1) is 0 Å². The van der Waals surface area contributed by atoms with Crippen molar-refractivity contribution in [2.24, 2.45) is 5.92 Å². The lowest BCUT2D eigenvalue weighted by Crippen LogP contribution is -2.32. The molecule has 1 aliphatic rings. The number of hydrogen-bond acceptors (Lipinski definition) is 6. The molecule has 1 fully saturated rings. The van der Waals surface area contributed by atoms with Gasteiger partial charge < -0.3 is 14.6 Å². The summed E-state index contributed by atoms with van der Waals surface area (Å²) in [5.41, 5.74) is 2.38. The highest BCUT2D eigenvalue weighted by atomic mass is 16.5. The van der Waals surface area contributed by atoms with Crippen LogP contribution in [-0.2, 0) is 17.8 Å². The second-order valence-electron chi connectivity index (χ2n) is 7.02. The Balaban J connectivity index is 1.41. The summed E-state index contributed by atoms with van der Waals surface area (Å²) >= 11 is 0. The highest BCUT2D eigenvalue weighted by Gasteiger charge is 2.29. The molecule has 142 valence electrons. The van der Waals surface area contributed by atoms with Crippen LogP contribution in [0.15, 0.2) is 47.2 Å². The first-order valence-corrected chi connectivity index (χ1v) is 9.44. The third-order valence-corrected chi connectivity index (χ3v) is 4.95. The van der Waals surface area contributed by atoms with Gasteiger partial charge in [0.25, 0.3) is 0 Å². The maximum Gasteiger partial charge on any atom is 0.244 e. The van der Waals surface area contributed by atoms with Crippen molar-refractivity contribution in [3.05, 3.63) is 65.6 Å². The zero-order chi connectivity index (χ0) is 18.5. The number of ether oxygens (including phenoxy) is 1. The van der Waals surface area contributed by atoms with Crippen molar-refractivity contribution in [2.75, 3.05) is 13.2 Å². The lowest BCUT2D eigenvalue weighted by Gasteiger charge is -2.28. The largest absolute Gasteiger partial charge is 0.381 e. The van der Waals surface area contributed by atoms with Crippen LogP contribution < -0.4 is 5.32 Å². The van der Waals surface area contributed by atoms with E-state index in [0.717, 1.165) is 38.2 Å². The zero-order valence-electron chi connectivity index (χ0n) is 15.5. The predicted molar refractivity (Wildman–Crippen MR) is 99.9 cm³/mol. The molecule has 1 N–H and O–H groups in total. The lowest BCUT2D eigenvalue weighted by atomic mass is 9.91. The molecule has 27 heavy (non-hydrogen) atoms. The van der Waals surface area contributed by atoms with Gasteiger partial charge in [0.1, 0.15) is 0 Å². The highest BCUT2D eigenvalue weighted by molar-refractivity contribution is 5.15. The Labute approximate surface area is 158 Å². The first kappa shape index (κ1) is 17.9. The first-order valence-electron chi connectivity index (χ1n) is 9.44. The van der Waals surface area contributed by atoms with E-state index in [2.05, 4.69) is 38.9 Å². The fourth-order valence-electron chi connectivity index (χ4n) is 3.53. The third kappa shape index (κ3) is 4.61. The van der Waals surface area contributed by atoms with Crippen LogP contribution in [0.5, 0.6) is 0 Å². The second kappa shape index (κ2) is 8.45. The van der Waals surface area contributed by atoms with Gasteiger partial charge in [-0.2, -0.15) is 10.1 Å². The molecule has 3 heterocycles. The van der Waals surface area contributed by atoms with Gasteiger partial charge in [-0.05, 0) is 31.2 Å². The summed E-state index contributed by atoms with van der Waals surface area (Å²) in [6.07, 6.45) is 5.98. The van der Waals surface area contributed by atoms with Crippen LogP contribution in [0, 0.1) is 12.8 Å². The van der Waals surface area contributed by atoms with E-state index < -0.39 is 0 Å². The quantitative estimate of drug-likeness (QED) is 0.692.